The van der Waals surface area contributed by atoms with Gasteiger partial charge in [-0.25, -0.2) is 28.3 Å². The maximum absolute atomic E-state index is 13.8. The molecule has 1 aliphatic heterocycles. The van der Waals surface area contributed by atoms with Crippen molar-refractivity contribution in [1.29, 1.82) is 0 Å². The van der Waals surface area contributed by atoms with Crippen molar-refractivity contribution in [1.82, 2.24) is 9.97 Å². The molecule has 1 spiro atoms. The predicted molar refractivity (Wildman–Crippen MR) is 144 cm³/mol. The van der Waals surface area contributed by atoms with Gasteiger partial charge in [-0.05, 0) is 43.5 Å². The number of benzene rings is 2. The van der Waals surface area contributed by atoms with Gasteiger partial charge in [-0.15, -0.1) is 11.3 Å². The van der Waals surface area contributed by atoms with E-state index in [0.717, 1.165) is 64.1 Å². The van der Waals surface area contributed by atoms with E-state index in [1.54, 1.807) is 23.2 Å². The highest BCUT2D eigenvalue weighted by Crippen LogP contribution is 2.45. The number of amides is 2. The van der Waals surface area contributed by atoms with Gasteiger partial charge < -0.3 is 0 Å². The van der Waals surface area contributed by atoms with Crippen LogP contribution in [0.4, 0.5) is 15.6 Å². The number of primary sulfonamides is 1. The van der Waals surface area contributed by atoms with Crippen molar-refractivity contribution in [2.45, 2.75) is 36.8 Å². The van der Waals surface area contributed by atoms with E-state index < -0.39 is 10.0 Å². The maximum atomic E-state index is 13.8. The number of fused-ring (bicyclic) bond motifs is 1. The van der Waals surface area contributed by atoms with Gasteiger partial charge in [0.15, 0.2) is 9.34 Å². The zero-order valence-electron chi connectivity index (χ0n) is 19.7. The van der Waals surface area contributed by atoms with Gasteiger partial charge in [0.1, 0.15) is 0 Å². The Bertz CT molecular complexity index is 1570. The molecule has 1 aliphatic carbocycles. The Hall–Kier alpha value is -2.86. The standard InChI is InChI=1S/C25H25N5O3S3/c1-16-22(36(26,32)33)35-23(28-16)30-14-25(11-2-3-12-25)13-29(24(30)31)18-9-7-17(8-10-18)19-5-4-6-20-21(19)34-15-27-20/h4-10,15H,2-3,11-14H2,1H3,(H2,26,32,33). The average Bonchev–Trinajstić information content (AvgIpc) is 3.60. The number of anilines is 2. The Balaban J connectivity index is 1.37. The molecule has 4 aromatic rings. The summed E-state index contributed by atoms with van der Waals surface area (Å²) in [6.45, 7) is 2.78. The number of rotatable bonds is 4. The van der Waals surface area contributed by atoms with Gasteiger partial charge in [0.25, 0.3) is 0 Å². The second-order valence-electron chi connectivity index (χ2n) is 9.63. The summed E-state index contributed by atoms with van der Waals surface area (Å²) in [5.74, 6) is 0. The van der Waals surface area contributed by atoms with E-state index in [1.807, 2.05) is 46.8 Å². The smallest absolute Gasteiger partial charge is 0.293 e. The van der Waals surface area contributed by atoms with Crippen LogP contribution < -0.4 is 14.9 Å². The van der Waals surface area contributed by atoms with Crippen molar-refractivity contribution >= 4 is 59.8 Å². The Morgan fingerprint density at radius 3 is 2.44 bits per heavy atom. The first kappa shape index (κ1) is 23.5. The van der Waals surface area contributed by atoms with E-state index in [0.29, 0.717) is 23.9 Å². The van der Waals surface area contributed by atoms with E-state index in [1.165, 1.54) is 0 Å². The predicted octanol–water partition coefficient (Wildman–Crippen LogP) is 5.38. The number of nitrogens with two attached hydrogens (primary N) is 1. The van der Waals surface area contributed by atoms with Gasteiger partial charge in [-0.2, -0.15) is 0 Å². The van der Waals surface area contributed by atoms with Crippen molar-refractivity contribution < 1.29 is 13.2 Å². The fourth-order valence-electron chi connectivity index (χ4n) is 5.48. The van der Waals surface area contributed by atoms with Crippen LogP contribution in [0, 0.1) is 12.3 Å². The van der Waals surface area contributed by atoms with Crippen LogP contribution in [-0.4, -0.2) is 37.5 Å². The van der Waals surface area contributed by atoms with Crippen LogP contribution in [0.15, 0.2) is 52.2 Å². The monoisotopic (exact) mass is 539 g/mol. The molecule has 0 bridgehead atoms. The Labute approximate surface area is 217 Å². The average molecular weight is 540 g/mol. The molecule has 2 N–H and O–H groups in total. The summed E-state index contributed by atoms with van der Waals surface area (Å²) in [6, 6.07) is 14.0. The zero-order valence-corrected chi connectivity index (χ0v) is 22.1. The van der Waals surface area contributed by atoms with Crippen molar-refractivity contribution in [3.8, 4) is 11.1 Å². The molecule has 2 aliphatic rings. The molecule has 0 unspecified atom stereocenters. The molecule has 0 radical (unpaired) electrons. The van der Waals surface area contributed by atoms with Gasteiger partial charge >= 0.3 is 6.03 Å². The van der Waals surface area contributed by atoms with Crippen LogP contribution in [-0.2, 0) is 10.0 Å². The van der Waals surface area contributed by atoms with E-state index in [9.17, 15) is 13.2 Å². The number of aromatic nitrogens is 2. The molecular formula is C25H25N5O3S3. The van der Waals surface area contributed by atoms with Crippen LogP contribution in [0.1, 0.15) is 31.4 Å². The quantitative estimate of drug-likeness (QED) is 0.374. The second-order valence-corrected chi connectivity index (χ2v) is 13.2. The van der Waals surface area contributed by atoms with E-state index >= 15 is 0 Å². The van der Waals surface area contributed by atoms with Crippen LogP contribution in [0.2, 0.25) is 0 Å². The van der Waals surface area contributed by atoms with Gasteiger partial charge in [0.05, 0.1) is 21.4 Å². The molecule has 1 saturated carbocycles. The summed E-state index contributed by atoms with van der Waals surface area (Å²) >= 11 is 2.58. The Morgan fingerprint density at radius 1 is 1.03 bits per heavy atom. The molecule has 11 heteroatoms. The van der Waals surface area contributed by atoms with Crippen molar-refractivity contribution in [2.75, 3.05) is 22.9 Å². The lowest BCUT2D eigenvalue weighted by molar-refractivity contribution is 0.224. The third-order valence-electron chi connectivity index (χ3n) is 7.19. The number of aryl methyl sites for hydroxylation is 1. The second kappa shape index (κ2) is 8.62. The Morgan fingerprint density at radius 2 is 1.75 bits per heavy atom. The summed E-state index contributed by atoms with van der Waals surface area (Å²) in [5, 5.41) is 5.77. The van der Waals surface area contributed by atoms with Crippen molar-refractivity contribution in [3.63, 3.8) is 0 Å². The summed E-state index contributed by atoms with van der Waals surface area (Å²) in [6.07, 6.45) is 4.27. The number of thiazole rings is 2. The number of nitrogens with zero attached hydrogens (tertiary/aromatic N) is 4. The highest BCUT2D eigenvalue weighted by molar-refractivity contribution is 7.91. The fourth-order valence-corrected chi connectivity index (χ4v) is 8.24. The fraction of sp³-hybridized carbons (Fsp3) is 0.320. The lowest BCUT2D eigenvalue weighted by Gasteiger charge is -2.45. The first-order chi connectivity index (χ1) is 17.2. The first-order valence-electron chi connectivity index (χ1n) is 11.8. The lowest BCUT2D eigenvalue weighted by Crippen LogP contribution is -2.58. The minimum absolute atomic E-state index is 0.00416. The van der Waals surface area contributed by atoms with Gasteiger partial charge in [0.2, 0.25) is 10.0 Å². The molecule has 2 amide bonds. The molecule has 6 rings (SSSR count). The molecular weight excluding hydrogens is 515 g/mol. The van der Waals surface area contributed by atoms with Crippen LogP contribution >= 0.6 is 22.7 Å². The summed E-state index contributed by atoms with van der Waals surface area (Å²) < 4.78 is 25.2. The third kappa shape index (κ3) is 4.00. The van der Waals surface area contributed by atoms with Crippen LogP contribution in [0.25, 0.3) is 21.3 Å². The van der Waals surface area contributed by atoms with Crippen LogP contribution in [0.5, 0.6) is 0 Å². The highest BCUT2D eigenvalue weighted by Gasteiger charge is 2.46. The maximum Gasteiger partial charge on any atom is 0.330 e. The van der Waals surface area contributed by atoms with Crippen LogP contribution in [0.3, 0.4) is 0 Å². The molecule has 3 heterocycles. The van der Waals surface area contributed by atoms with Gasteiger partial charge in [0, 0.05) is 29.8 Å². The summed E-state index contributed by atoms with van der Waals surface area (Å²) in [4.78, 5) is 26.1. The molecule has 2 aromatic carbocycles. The number of sulfonamides is 1. The zero-order chi connectivity index (χ0) is 25.1. The molecule has 186 valence electrons. The van der Waals surface area contributed by atoms with E-state index in [4.69, 9.17) is 5.14 Å². The number of carbonyl (C=O) groups is 1. The molecule has 36 heavy (non-hydrogen) atoms. The van der Waals surface area contributed by atoms with E-state index in [-0.39, 0.29) is 15.7 Å². The molecule has 1 saturated heterocycles. The minimum atomic E-state index is -3.90. The van der Waals surface area contributed by atoms with Crippen molar-refractivity contribution in [2.24, 2.45) is 10.6 Å². The summed E-state index contributed by atoms with van der Waals surface area (Å²) in [5.41, 5.74) is 6.10. The van der Waals surface area contributed by atoms with Gasteiger partial charge in [-0.3, -0.25) is 9.80 Å². The highest BCUT2D eigenvalue weighted by atomic mass is 32.2. The number of hydrogen-bond acceptors (Lipinski definition) is 7. The molecule has 8 nitrogen and oxygen atoms in total. The lowest BCUT2D eigenvalue weighted by atomic mass is 9.83. The van der Waals surface area contributed by atoms with E-state index in [2.05, 4.69) is 16.0 Å². The number of hydrogen-bond donors (Lipinski definition) is 1. The molecule has 2 fully saturated rings. The first-order valence-corrected chi connectivity index (χ1v) is 15.0. The topological polar surface area (TPSA) is 109 Å². The minimum Gasteiger partial charge on any atom is -0.293 e. The Kier molecular flexibility index (Phi) is 5.63. The number of carbonyl (C=O) groups excluding carboxylic acids is 1. The summed E-state index contributed by atoms with van der Waals surface area (Å²) in [7, 11) is -3.90. The SMILES string of the molecule is Cc1nc(N2CC3(CCCC3)CN(c3ccc(-c4cccc5ncsc45)cc3)C2=O)sc1S(N)(=O)=O. The molecule has 2 aromatic heterocycles. The molecule has 0 atom stereocenters. The van der Waals surface area contributed by atoms with Gasteiger partial charge in [-0.1, -0.05) is 48.4 Å². The third-order valence-corrected chi connectivity index (χ3v) is 10.8. The van der Waals surface area contributed by atoms with Crippen molar-refractivity contribution in [3.05, 3.63) is 53.7 Å². The normalized spacial score (nSPS) is 18.0. The largest absolute Gasteiger partial charge is 0.330 e. The number of urea groups is 1.